The Morgan fingerprint density at radius 2 is 2.04 bits per heavy atom. The molecule has 2 rings (SSSR count). The standard InChI is InChI=1S/C19H35N5O/c1-6-24-11-8-15(9-12-24)7-10-21-18(20-5)23-14-17-22-13-16(25-17)19(2,3)4/h13,15H,6-12,14H2,1-5H3,(H2,20,21,23). The maximum atomic E-state index is 5.80. The summed E-state index contributed by atoms with van der Waals surface area (Å²) in [6.07, 6.45) is 5.64. The Balaban J connectivity index is 1.68. The smallest absolute Gasteiger partial charge is 0.213 e. The molecule has 0 spiro atoms. The number of oxazole rings is 1. The summed E-state index contributed by atoms with van der Waals surface area (Å²) in [6, 6.07) is 0. The first-order valence-corrected chi connectivity index (χ1v) is 9.54. The number of aromatic nitrogens is 1. The molecule has 0 bridgehead atoms. The van der Waals surface area contributed by atoms with Gasteiger partial charge in [-0.15, -0.1) is 0 Å². The van der Waals surface area contributed by atoms with Gasteiger partial charge in [0.2, 0.25) is 5.89 Å². The maximum Gasteiger partial charge on any atom is 0.213 e. The molecule has 1 aromatic heterocycles. The zero-order valence-corrected chi connectivity index (χ0v) is 16.6. The van der Waals surface area contributed by atoms with Gasteiger partial charge in [-0.05, 0) is 44.8 Å². The fourth-order valence-corrected chi connectivity index (χ4v) is 3.10. The van der Waals surface area contributed by atoms with Gasteiger partial charge in [-0.25, -0.2) is 4.98 Å². The highest BCUT2D eigenvalue weighted by Gasteiger charge is 2.19. The highest BCUT2D eigenvalue weighted by atomic mass is 16.4. The van der Waals surface area contributed by atoms with E-state index in [2.05, 4.69) is 53.2 Å². The van der Waals surface area contributed by atoms with E-state index >= 15 is 0 Å². The Labute approximate surface area is 152 Å². The van der Waals surface area contributed by atoms with Crippen LogP contribution in [0.1, 0.15) is 58.6 Å². The molecule has 6 heteroatoms. The highest BCUT2D eigenvalue weighted by molar-refractivity contribution is 5.79. The number of nitrogens with one attached hydrogen (secondary N) is 2. The van der Waals surface area contributed by atoms with Crippen molar-refractivity contribution < 1.29 is 4.42 Å². The maximum absolute atomic E-state index is 5.80. The molecule has 0 atom stereocenters. The van der Waals surface area contributed by atoms with Crippen molar-refractivity contribution in [2.75, 3.05) is 33.2 Å². The summed E-state index contributed by atoms with van der Waals surface area (Å²) < 4.78 is 5.80. The average Bonchev–Trinajstić information content (AvgIpc) is 3.08. The molecule has 1 saturated heterocycles. The molecular formula is C19H35N5O. The number of rotatable bonds is 6. The van der Waals surface area contributed by atoms with Gasteiger partial charge in [0.15, 0.2) is 5.96 Å². The van der Waals surface area contributed by atoms with E-state index in [-0.39, 0.29) is 5.41 Å². The van der Waals surface area contributed by atoms with Crippen molar-refractivity contribution in [2.24, 2.45) is 10.9 Å². The van der Waals surface area contributed by atoms with E-state index in [0.29, 0.717) is 12.4 Å². The van der Waals surface area contributed by atoms with Crippen molar-refractivity contribution in [1.29, 1.82) is 0 Å². The number of piperidine rings is 1. The molecule has 2 N–H and O–H groups in total. The van der Waals surface area contributed by atoms with E-state index < -0.39 is 0 Å². The second-order valence-electron chi connectivity index (χ2n) is 7.89. The van der Waals surface area contributed by atoms with Gasteiger partial charge in [0, 0.05) is 19.0 Å². The lowest BCUT2D eigenvalue weighted by molar-refractivity contribution is 0.187. The van der Waals surface area contributed by atoms with Crippen LogP contribution in [-0.2, 0) is 12.0 Å². The Morgan fingerprint density at radius 3 is 2.60 bits per heavy atom. The van der Waals surface area contributed by atoms with Crippen LogP contribution in [-0.4, -0.2) is 49.1 Å². The molecule has 0 aromatic carbocycles. The van der Waals surface area contributed by atoms with Crippen LogP contribution in [0.15, 0.2) is 15.6 Å². The van der Waals surface area contributed by atoms with Gasteiger partial charge in [-0.3, -0.25) is 4.99 Å². The van der Waals surface area contributed by atoms with Crippen molar-refractivity contribution in [3.8, 4) is 0 Å². The topological polar surface area (TPSA) is 65.7 Å². The Bertz CT molecular complexity index is 538. The minimum atomic E-state index is -0.0153. The lowest BCUT2D eigenvalue weighted by atomic mass is 9.93. The van der Waals surface area contributed by atoms with Gasteiger partial charge in [0.05, 0.1) is 12.7 Å². The zero-order chi connectivity index (χ0) is 18.3. The molecule has 1 aliphatic heterocycles. The second-order valence-corrected chi connectivity index (χ2v) is 7.89. The fraction of sp³-hybridized carbons (Fsp3) is 0.789. The molecular weight excluding hydrogens is 314 g/mol. The van der Waals surface area contributed by atoms with E-state index in [1.807, 2.05) is 6.20 Å². The number of hydrogen-bond donors (Lipinski definition) is 2. The van der Waals surface area contributed by atoms with Crippen molar-refractivity contribution in [2.45, 2.75) is 58.9 Å². The van der Waals surface area contributed by atoms with Crippen LogP contribution in [0.4, 0.5) is 0 Å². The van der Waals surface area contributed by atoms with Gasteiger partial charge in [-0.2, -0.15) is 0 Å². The summed E-state index contributed by atoms with van der Waals surface area (Å²) in [7, 11) is 1.80. The van der Waals surface area contributed by atoms with Gasteiger partial charge in [-0.1, -0.05) is 27.7 Å². The van der Waals surface area contributed by atoms with Crippen LogP contribution in [0.25, 0.3) is 0 Å². The van der Waals surface area contributed by atoms with Crippen molar-refractivity contribution in [3.63, 3.8) is 0 Å². The van der Waals surface area contributed by atoms with E-state index in [9.17, 15) is 0 Å². The van der Waals surface area contributed by atoms with Crippen LogP contribution < -0.4 is 10.6 Å². The number of guanidine groups is 1. The number of aliphatic imine (C=N–C) groups is 1. The zero-order valence-electron chi connectivity index (χ0n) is 16.6. The van der Waals surface area contributed by atoms with E-state index in [1.165, 1.54) is 38.9 Å². The molecule has 0 saturated carbocycles. The van der Waals surface area contributed by atoms with Gasteiger partial charge in [0.25, 0.3) is 0 Å². The molecule has 0 unspecified atom stereocenters. The van der Waals surface area contributed by atoms with Gasteiger partial charge < -0.3 is 20.0 Å². The third-order valence-corrected chi connectivity index (χ3v) is 4.92. The molecule has 25 heavy (non-hydrogen) atoms. The molecule has 1 aromatic rings. The Kier molecular flexibility index (Phi) is 7.29. The summed E-state index contributed by atoms with van der Waals surface area (Å²) >= 11 is 0. The van der Waals surface area contributed by atoms with E-state index in [0.717, 1.165) is 24.2 Å². The Morgan fingerprint density at radius 1 is 1.32 bits per heavy atom. The molecule has 0 radical (unpaired) electrons. The summed E-state index contributed by atoms with van der Waals surface area (Å²) in [5, 5.41) is 6.68. The van der Waals surface area contributed by atoms with Crippen molar-refractivity contribution >= 4 is 5.96 Å². The van der Waals surface area contributed by atoms with Crippen LogP contribution in [0.3, 0.4) is 0 Å². The third kappa shape index (κ3) is 6.34. The number of hydrogen-bond acceptors (Lipinski definition) is 4. The predicted molar refractivity (Wildman–Crippen MR) is 103 cm³/mol. The summed E-state index contributed by atoms with van der Waals surface area (Å²) in [5.74, 6) is 3.24. The van der Waals surface area contributed by atoms with E-state index in [1.54, 1.807) is 7.05 Å². The molecule has 1 aliphatic rings. The average molecular weight is 350 g/mol. The van der Waals surface area contributed by atoms with Crippen molar-refractivity contribution in [3.05, 3.63) is 17.8 Å². The predicted octanol–water partition coefficient (Wildman–Crippen LogP) is 2.76. The lowest BCUT2D eigenvalue weighted by Gasteiger charge is -2.31. The monoisotopic (exact) mass is 349 g/mol. The Hall–Kier alpha value is -1.56. The SMILES string of the molecule is CCN1CCC(CCNC(=NC)NCc2ncc(C(C)(C)C)o2)CC1. The first-order valence-electron chi connectivity index (χ1n) is 9.54. The normalized spacial score (nSPS) is 17.7. The van der Waals surface area contributed by atoms with Crippen LogP contribution in [0, 0.1) is 5.92 Å². The minimum Gasteiger partial charge on any atom is -0.443 e. The molecule has 1 fully saturated rings. The second kappa shape index (κ2) is 9.22. The third-order valence-electron chi connectivity index (χ3n) is 4.92. The summed E-state index contributed by atoms with van der Waals surface area (Å²) in [4.78, 5) is 11.2. The summed E-state index contributed by atoms with van der Waals surface area (Å²) in [5.41, 5.74) is -0.0153. The number of nitrogens with zero attached hydrogens (tertiary/aromatic N) is 3. The first-order chi connectivity index (χ1) is 11.9. The molecule has 6 nitrogen and oxygen atoms in total. The molecule has 0 amide bonds. The highest BCUT2D eigenvalue weighted by Crippen LogP contribution is 2.22. The summed E-state index contributed by atoms with van der Waals surface area (Å²) in [6.45, 7) is 13.8. The van der Waals surface area contributed by atoms with Crippen LogP contribution >= 0.6 is 0 Å². The quantitative estimate of drug-likeness (QED) is 0.611. The minimum absolute atomic E-state index is 0.0153. The molecule has 142 valence electrons. The fourth-order valence-electron chi connectivity index (χ4n) is 3.10. The van der Waals surface area contributed by atoms with E-state index in [4.69, 9.17) is 4.42 Å². The van der Waals surface area contributed by atoms with Gasteiger partial charge in [0.1, 0.15) is 5.76 Å². The van der Waals surface area contributed by atoms with Gasteiger partial charge >= 0.3 is 0 Å². The van der Waals surface area contributed by atoms with Crippen LogP contribution in [0.2, 0.25) is 0 Å². The number of likely N-dealkylation sites (tertiary alicyclic amines) is 1. The van der Waals surface area contributed by atoms with Crippen molar-refractivity contribution in [1.82, 2.24) is 20.5 Å². The first kappa shape index (κ1) is 19.8. The lowest BCUT2D eigenvalue weighted by Crippen LogP contribution is -2.39. The molecule has 2 heterocycles. The molecule has 0 aliphatic carbocycles. The van der Waals surface area contributed by atoms with Crippen LogP contribution in [0.5, 0.6) is 0 Å². The largest absolute Gasteiger partial charge is 0.443 e.